The maximum Gasteiger partial charge on any atom is 0.332 e. The van der Waals surface area contributed by atoms with E-state index in [0.29, 0.717) is 13.1 Å². The zero-order chi connectivity index (χ0) is 12.1. The van der Waals surface area contributed by atoms with Gasteiger partial charge < -0.3 is 20.5 Å². The molecule has 0 aromatic rings. The third-order valence-electron chi connectivity index (χ3n) is 2.65. The molecule has 0 aromatic heterocycles. The third kappa shape index (κ3) is 3.46. The molecule has 2 unspecified atom stereocenters. The van der Waals surface area contributed by atoms with Crippen molar-refractivity contribution < 1.29 is 19.4 Å². The van der Waals surface area contributed by atoms with E-state index in [1.54, 1.807) is 4.90 Å². The number of nitrogens with two attached hydrogens (primary N) is 1. The minimum Gasteiger partial charge on any atom is -0.479 e. The smallest absolute Gasteiger partial charge is 0.332 e. The van der Waals surface area contributed by atoms with E-state index in [4.69, 9.17) is 15.6 Å². The van der Waals surface area contributed by atoms with Gasteiger partial charge in [0.25, 0.3) is 0 Å². The summed E-state index contributed by atoms with van der Waals surface area (Å²) in [7, 11) is 0. The average Bonchev–Trinajstić information content (AvgIpc) is 2.28. The van der Waals surface area contributed by atoms with Crippen LogP contribution in [0, 0.1) is 0 Å². The van der Waals surface area contributed by atoms with Gasteiger partial charge in [0.15, 0.2) is 6.10 Å². The average molecular weight is 230 g/mol. The highest BCUT2D eigenvalue weighted by molar-refractivity contribution is 5.78. The van der Waals surface area contributed by atoms with Crippen LogP contribution in [0.15, 0.2) is 0 Å². The summed E-state index contributed by atoms with van der Waals surface area (Å²) in [6.45, 7) is 2.60. The Bertz CT molecular complexity index is 270. The van der Waals surface area contributed by atoms with Crippen LogP contribution in [0.25, 0.3) is 0 Å². The number of likely N-dealkylation sites (tertiary alicyclic amines) is 1. The molecule has 6 heteroatoms. The Balaban J connectivity index is 2.44. The number of piperidine rings is 1. The molecule has 0 aliphatic carbocycles. The Labute approximate surface area is 94.3 Å². The fraction of sp³-hybridized carbons (Fsp3) is 0.800. The summed E-state index contributed by atoms with van der Waals surface area (Å²) in [6.07, 6.45) is 0.572. The van der Waals surface area contributed by atoms with E-state index < -0.39 is 12.1 Å². The third-order valence-corrected chi connectivity index (χ3v) is 2.65. The maximum atomic E-state index is 11.4. The Hall–Kier alpha value is -1.14. The quantitative estimate of drug-likeness (QED) is 0.674. The molecule has 1 amide bonds. The molecule has 0 bridgehead atoms. The molecule has 0 radical (unpaired) electrons. The Morgan fingerprint density at radius 1 is 1.62 bits per heavy atom. The molecule has 1 fully saturated rings. The normalized spacial score (nSPS) is 22.9. The highest BCUT2D eigenvalue weighted by Gasteiger charge is 2.26. The fourth-order valence-electron chi connectivity index (χ4n) is 1.75. The molecule has 1 aliphatic rings. The van der Waals surface area contributed by atoms with Crippen LogP contribution in [-0.4, -0.2) is 53.7 Å². The predicted octanol–water partition coefficient (Wildman–Crippen LogP) is -0.574. The second-order valence-corrected chi connectivity index (χ2v) is 3.92. The highest BCUT2D eigenvalue weighted by Crippen LogP contribution is 2.14. The van der Waals surface area contributed by atoms with Gasteiger partial charge in [-0.1, -0.05) is 0 Å². The van der Waals surface area contributed by atoms with Gasteiger partial charge in [-0.2, -0.15) is 0 Å². The number of nitrogens with zero attached hydrogens (tertiary/aromatic N) is 1. The van der Waals surface area contributed by atoms with Crippen molar-refractivity contribution in [1.29, 1.82) is 0 Å². The van der Waals surface area contributed by atoms with E-state index in [1.165, 1.54) is 6.92 Å². The van der Waals surface area contributed by atoms with Crippen LogP contribution in [-0.2, 0) is 14.3 Å². The minimum absolute atomic E-state index is 0.0127. The molecule has 2 atom stereocenters. The molecular formula is C10H18N2O4. The molecule has 0 spiro atoms. The van der Waals surface area contributed by atoms with Crippen molar-refractivity contribution in [3.8, 4) is 0 Å². The molecule has 6 nitrogen and oxygen atoms in total. The van der Waals surface area contributed by atoms with Crippen molar-refractivity contribution in [2.24, 2.45) is 5.73 Å². The van der Waals surface area contributed by atoms with E-state index in [0.717, 1.165) is 12.8 Å². The molecular weight excluding hydrogens is 212 g/mol. The Morgan fingerprint density at radius 2 is 2.31 bits per heavy atom. The Kier molecular flexibility index (Phi) is 4.70. The van der Waals surface area contributed by atoms with Crippen molar-refractivity contribution in [2.45, 2.75) is 32.0 Å². The zero-order valence-corrected chi connectivity index (χ0v) is 9.39. The summed E-state index contributed by atoms with van der Waals surface area (Å²) >= 11 is 0. The number of carboxylic acid groups (broad SMARTS) is 1. The number of amides is 1. The van der Waals surface area contributed by atoms with Crippen molar-refractivity contribution in [2.75, 3.05) is 19.6 Å². The molecule has 1 heterocycles. The van der Waals surface area contributed by atoms with Crippen LogP contribution in [0.1, 0.15) is 19.8 Å². The SMILES string of the molecule is CC(OC1CCCN(C(=O)CN)C1)C(=O)O. The van der Waals surface area contributed by atoms with Gasteiger partial charge in [0.1, 0.15) is 0 Å². The summed E-state index contributed by atoms with van der Waals surface area (Å²) < 4.78 is 5.34. The van der Waals surface area contributed by atoms with E-state index in [9.17, 15) is 9.59 Å². The molecule has 3 N–H and O–H groups in total. The van der Waals surface area contributed by atoms with Crippen molar-refractivity contribution >= 4 is 11.9 Å². The molecule has 1 saturated heterocycles. The van der Waals surface area contributed by atoms with Crippen LogP contribution in [0.4, 0.5) is 0 Å². The molecule has 16 heavy (non-hydrogen) atoms. The number of carboxylic acids is 1. The number of aliphatic carboxylic acids is 1. The highest BCUT2D eigenvalue weighted by atomic mass is 16.5. The number of hydrogen-bond acceptors (Lipinski definition) is 4. The summed E-state index contributed by atoms with van der Waals surface area (Å²) in [5.41, 5.74) is 5.27. The molecule has 0 aromatic carbocycles. The van der Waals surface area contributed by atoms with E-state index in [1.807, 2.05) is 0 Å². The van der Waals surface area contributed by atoms with Gasteiger partial charge in [0, 0.05) is 13.1 Å². The number of hydrogen-bond donors (Lipinski definition) is 2. The summed E-state index contributed by atoms with van der Waals surface area (Å²) in [6, 6.07) is 0. The fourth-order valence-corrected chi connectivity index (χ4v) is 1.75. The first-order chi connectivity index (χ1) is 7.54. The van der Waals surface area contributed by atoms with E-state index >= 15 is 0 Å². The van der Waals surface area contributed by atoms with Crippen molar-refractivity contribution in [1.82, 2.24) is 4.90 Å². The van der Waals surface area contributed by atoms with Crippen LogP contribution in [0.3, 0.4) is 0 Å². The molecule has 1 rings (SSSR count). The first kappa shape index (κ1) is 12.9. The largest absolute Gasteiger partial charge is 0.479 e. The van der Waals surface area contributed by atoms with Crippen molar-refractivity contribution in [3.05, 3.63) is 0 Å². The Morgan fingerprint density at radius 3 is 2.88 bits per heavy atom. The summed E-state index contributed by atoms with van der Waals surface area (Å²) in [5, 5.41) is 8.71. The second-order valence-electron chi connectivity index (χ2n) is 3.92. The number of carbonyl (C=O) groups excluding carboxylic acids is 1. The lowest BCUT2D eigenvalue weighted by atomic mass is 10.1. The summed E-state index contributed by atoms with van der Waals surface area (Å²) in [5.74, 6) is -1.10. The number of carbonyl (C=O) groups is 2. The van der Waals surface area contributed by atoms with Gasteiger partial charge in [-0.15, -0.1) is 0 Å². The number of ether oxygens (including phenoxy) is 1. The van der Waals surface area contributed by atoms with Gasteiger partial charge in [-0.25, -0.2) is 4.79 Å². The molecule has 1 aliphatic heterocycles. The minimum atomic E-state index is -0.984. The van der Waals surface area contributed by atoms with Gasteiger partial charge in [-0.3, -0.25) is 4.79 Å². The van der Waals surface area contributed by atoms with Crippen LogP contribution < -0.4 is 5.73 Å². The van der Waals surface area contributed by atoms with Gasteiger partial charge in [-0.05, 0) is 19.8 Å². The lowest BCUT2D eigenvalue weighted by Crippen LogP contribution is -2.46. The lowest BCUT2D eigenvalue weighted by molar-refractivity contribution is -0.155. The lowest BCUT2D eigenvalue weighted by Gasteiger charge is -2.33. The van der Waals surface area contributed by atoms with Crippen LogP contribution in [0.2, 0.25) is 0 Å². The van der Waals surface area contributed by atoms with Gasteiger partial charge in [0.05, 0.1) is 12.6 Å². The zero-order valence-electron chi connectivity index (χ0n) is 9.39. The van der Waals surface area contributed by atoms with E-state index in [-0.39, 0.29) is 18.6 Å². The number of rotatable bonds is 4. The van der Waals surface area contributed by atoms with Crippen LogP contribution >= 0.6 is 0 Å². The predicted molar refractivity (Wildman–Crippen MR) is 56.8 cm³/mol. The van der Waals surface area contributed by atoms with Gasteiger partial charge >= 0.3 is 5.97 Å². The van der Waals surface area contributed by atoms with Gasteiger partial charge in [0.2, 0.25) is 5.91 Å². The monoisotopic (exact) mass is 230 g/mol. The maximum absolute atomic E-state index is 11.4. The molecule has 92 valence electrons. The molecule has 0 saturated carbocycles. The first-order valence-corrected chi connectivity index (χ1v) is 5.40. The first-order valence-electron chi connectivity index (χ1n) is 5.40. The summed E-state index contributed by atoms with van der Waals surface area (Å²) in [4.78, 5) is 23.6. The van der Waals surface area contributed by atoms with E-state index in [2.05, 4.69) is 0 Å². The van der Waals surface area contributed by atoms with Crippen molar-refractivity contribution in [3.63, 3.8) is 0 Å². The van der Waals surface area contributed by atoms with Crippen LogP contribution in [0.5, 0.6) is 0 Å². The standard InChI is InChI=1S/C10H18N2O4/c1-7(10(14)15)16-8-3-2-4-12(6-8)9(13)5-11/h7-8H,2-6,11H2,1H3,(H,14,15). The second kappa shape index (κ2) is 5.81. The topological polar surface area (TPSA) is 92.9 Å².